The number of nitrogens with zero attached hydrogens (tertiary/aromatic N) is 8. The van der Waals surface area contributed by atoms with Gasteiger partial charge in [-0.05, 0) is 48.2 Å². The Labute approximate surface area is 492 Å². The van der Waals surface area contributed by atoms with E-state index in [1.165, 1.54) is 36.0 Å². The third-order valence-electron chi connectivity index (χ3n) is 8.74. The molecule has 0 fully saturated rings. The van der Waals surface area contributed by atoms with Crippen molar-refractivity contribution >= 4 is 99.7 Å². The van der Waals surface area contributed by atoms with Crippen LogP contribution in [-0.2, 0) is 40.5 Å². The first kappa shape index (κ1) is 68.5. The number of rotatable bonds is 26. The van der Waals surface area contributed by atoms with Gasteiger partial charge >= 0.3 is 118 Å². The Morgan fingerprint density at radius 1 is 0.557 bits per heavy atom. The molecule has 0 aliphatic carbocycles. The van der Waals surface area contributed by atoms with Crippen LogP contribution in [0.25, 0.3) is 12.2 Å². The molecule has 0 radical (unpaired) electrons. The molecule has 2 aromatic heterocycles. The maximum atomic E-state index is 12.5. The van der Waals surface area contributed by atoms with Crippen molar-refractivity contribution in [2.45, 2.75) is 34.8 Å². The molecule has 0 spiro atoms. The van der Waals surface area contributed by atoms with Gasteiger partial charge in [-0.2, -0.15) is 29.9 Å². The number of nitrogens with one attached hydrogen (secondary N) is 4. The fraction of sp³-hybridized carbons (Fsp3) is 0.412. The summed E-state index contributed by atoms with van der Waals surface area (Å²) in [6.07, 6.45) is 0.104. The molecule has 70 heavy (non-hydrogen) atoms. The number of hydrogen-bond acceptors (Lipinski definition) is 28. The number of hydrogen-bond donors (Lipinski definition) is 8. The Bertz CT molecular complexity index is 2640. The van der Waals surface area contributed by atoms with Gasteiger partial charge in [0, 0.05) is 51.6 Å². The molecule has 364 valence electrons. The average Bonchev–Trinajstić information content (AvgIpc) is 3.22. The molecule has 2 unspecified atom stereocenters. The van der Waals surface area contributed by atoms with Crippen LogP contribution in [0.1, 0.15) is 24.0 Å². The van der Waals surface area contributed by atoms with Crippen LogP contribution in [0.15, 0.2) is 46.2 Å². The molecular formula is C34H44N12Na4O16S4. The zero-order chi connectivity index (χ0) is 49.0. The maximum Gasteiger partial charge on any atom is 1.00 e. The predicted molar refractivity (Wildman–Crippen MR) is 232 cm³/mol. The molecule has 8 N–H and O–H groups in total. The van der Waals surface area contributed by atoms with Gasteiger partial charge < -0.3 is 69.7 Å². The molecule has 0 amide bonds. The SMILES string of the molecule is CN(CCC(O)CO)c1nc(NCCS(=O)(=O)[O-])nc(Nc2ccc(/C=C/c3ccc(Nc4nc(NCCS(=O)(=O)[O-])nc(N(C)CCC(O)CO)n4)cc3S(=O)(=O)[O-])c(S(=O)(=O)[O-])c2)n1.[Na+].[Na+].[Na+].[Na+]. The Kier molecular flexibility index (Phi) is 30.1. The van der Waals surface area contributed by atoms with Crippen LogP contribution >= 0.6 is 0 Å². The summed E-state index contributed by atoms with van der Waals surface area (Å²) in [6, 6.07) is 6.69. The van der Waals surface area contributed by atoms with E-state index in [4.69, 9.17) is 10.2 Å². The predicted octanol–water partition coefficient (Wildman–Crippen LogP) is -14.2. The van der Waals surface area contributed by atoms with Gasteiger partial charge in [-0.15, -0.1) is 0 Å². The molecule has 36 heteroatoms. The second kappa shape index (κ2) is 30.8. The number of aliphatic hydroxyl groups is 4. The fourth-order valence-electron chi connectivity index (χ4n) is 5.35. The van der Waals surface area contributed by atoms with E-state index in [9.17, 15) is 62.1 Å². The van der Waals surface area contributed by atoms with Crippen molar-refractivity contribution in [2.24, 2.45) is 0 Å². The summed E-state index contributed by atoms with van der Waals surface area (Å²) in [5.74, 6) is -2.76. The maximum absolute atomic E-state index is 12.5. The van der Waals surface area contributed by atoms with E-state index in [0.29, 0.717) is 0 Å². The number of anilines is 8. The molecule has 0 aliphatic heterocycles. The molecule has 0 bridgehead atoms. The smallest absolute Gasteiger partial charge is 0.748 e. The van der Waals surface area contributed by atoms with Crippen LogP contribution in [0, 0.1) is 0 Å². The molecule has 0 saturated heterocycles. The van der Waals surface area contributed by atoms with E-state index >= 15 is 0 Å². The van der Waals surface area contributed by atoms with Crippen molar-refractivity contribution in [1.29, 1.82) is 0 Å². The first-order chi connectivity index (χ1) is 30.7. The van der Waals surface area contributed by atoms with E-state index < -0.39 is 100 Å². The van der Waals surface area contributed by atoms with Crippen LogP contribution in [0.3, 0.4) is 0 Å². The van der Waals surface area contributed by atoms with Crippen molar-refractivity contribution in [3.05, 3.63) is 47.5 Å². The van der Waals surface area contributed by atoms with Crippen molar-refractivity contribution in [3.8, 4) is 0 Å². The average molecular weight is 1100 g/mol. The van der Waals surface area contributed by atoms with E-state index in [1.54, 1.807) is 0 Å². The zero-order valence-corrected chi connectivity index (χ0v) is 50.0. The van der Waals surface area contributed by atoms with E-state index in [0.717, 1.165) is 36.4 Å². The third-order valence-corrected chi connectivity index (χ3v) is 11.9. The molecule has 0 saturated carbocycles. The standard InChI is InChI=1S/C34H48N12O16S4.4Na/c1-45(13-9-25(49)19-47)33-41-29(35-11-15-63(51,52)53)39-31(43-33)37-23-7-5-21(27(17-23)65(57,58)59)3-4-22-6-8-24(18-28(22)66(60,61)62)38-32-40-30(36-12-16-64(54,55)56)42-34(44-32)46(2)14-10-26(50)20-48;;;;/h3-8,17-18,25-26,47-50H,9-16,19-20H2,1-2H3,(H,51,52,53)(H,54,55,56)(H,57,58,59)(H,60,61,62)(H2,35,37,39,41,43)(H2,36,38,40,42,44);;;;/q;4*+1/p-4/b4-3+;;;;. The van der Waals surface area contributed by atoms with Gasteiger partial charge in [-0.25, -0.2) is 33.7 Å². The molecule has 4 aromatic rings. The summed E-state index contributed by atoms with van der Waals surface area (Å²) >= 11 is 0. The number of aromatic nitrogens is 6. The van der Waals surface area contributed by atoms with E-state index in [-0.39, 0.29) is 202 Å². The summed E-state index contributed by atoms with van der Waals surface area (Å²) in [7, 11) is -16.8. The Morgan fingerprint density at radius 2 is 0.886 bits per heavy atom. The van der Waals surface area contributed by atoms with Gasteiger partial charge in [0.25, 0.3) is 0 Å². The van der Waals surface area contributed by atoms with Crippen LogP contribution < -0.4 is 149 Å². The minimum Gasteiger partial charge on any atom is -0.748 e. The van der Waals surface area contributed by atoms with E-state index in [2.05, 4.69) is 51.2 Å². The number of aliphatic hydroxyl groups excluding tert-OH is 4. The van der Waals surface area contributed by atoms with Crippen LogP contribution in [0.4, 0.5) is 47.1 Å². The van der Waals surface area contributed by atoms with Gasteiger partial charge in [0.2, 0.25) is 35.7 Å². The van der Waals surface area contributed by atoms with Gasteiger partial charge in [0.1, 0.15) is 20.2 Å². The van der Waals surface area contributed by atoms with Gasteiger partial charge in [0.15, 0.2) is 0 Å². The first-order valence-electron chi connectivity index (χ1n) is 19.0. The van der Waals surface area contributed by atoms with Crippen molar-refractivity contribution in [3.63, 3.8) is 0 Å². The molecule has 2 aromatic carbocycles. The second-order valence-electron chi connectivity index (χ2n) is 14.0. The quantitative estimate of drug-likeness (QED) is 0.0164. The van der Waals surface area contributed by atoms with Gasteiger partial charge in [-0.3, -0.25) is 0 Å². The van der Waals surface area contributed by atoms with Crippen LogP contribution in [0.5, 0.6) is 0 Å². The van der Waals surface area contributed by atoms with Crippen molar-refractivity contribution < 1.29 is 191 Å². The molecule has 2 heterocycles. The summed E-state index contributed by atoms with van der Waals surface area (Å²) in [4.78, 5) is 26.2. The molecular weight excluding hydrogens is 1050 g/mol. The summed E-state index contributed by atoms with van der Waals surface area (Å²) in [5, 5.41) is 48.4. The molecule has 4 rings (SSSR count). The summed E-state index contributed by atoms with van der Waals surface area (Å²) in [6.45, 7) is -1.65. The first-order valence-corrected chi connectivity index (χ1v) is 25.0. The van der Waals surface area contributed by atoms with E-state index in [1.807, 2.05) is 0 Å². The largest absolute Gasteiger partial charge is 1.00 e. The minimum absolute atomic E-state index is 0. The third kappa shape index (κ3) is 23.8. The summed E-state index contributed by atoms with van der Waals surface area (Å²) < 4.78 is 142. The second-order valence-corrected chi connectivity index (χ2v) is 19.8. The Hall–Kier alpha value is -1.52. The topological polar surface area (TPSA) is 442 Å². The van der Waals surface area contributed by atoms with Crippen molar-refractivity contribution in [2.75, 3.05) is 96.1 Å². The normalized spacial score (nSPS) is 12.5. The van der Waals surface area contributed by atoms with Crippen LogP contribution in [0.2, 0.25) is 0 Å². The van der Waals surface area contributed by atoms with Gasteiger partial charge in [-0.1, -0.05) is 24.3 Å². The molecule has 28 nitrogen and oxygen atoms in total. The molecule has 2 atom stereocenters. The molecule has 0 aliphatic rings. The monoisotopic (exact) mass is 1100 g/mol. The zero-order valence-electron chi connectivity index (χ0n) is 38.7. The minimum atomic E-state index is -5.27. The van der Waals surface area contributed by atoms with Crippen LogP contribution in [-0.4, -0.2) is 179 Å². The van der Waals surface area contributed by atoms with Gasteiger partial charge in [0.05, 0.1) is 67.0 Å². The fourth-order valence-corrected chi connectivity index (χ4v) is 7.45. The Morgan fingerprint density at radius 3 is 1.19 bits per heavy atom. The summed E-state index contributed by atoms with van der Waals surface area (Å²) in [5.41, 5.74) is -0.671. The number of benzene rings is 2. The Balaban J connectivity index is 0.0000119. The van der Waals surface area contributed by atoms with Crippen molar-refractivity contribution in [1.82, 2.24) is 29.9 Å².